The lowest BCUT2D eigenvalue weighted by Crippen LogP contribution is -2.33. The fourth-order valence-electron chi connectivity index (χ4n) is 3.53. The van der Waals surface area contributed by atoms with Crippen molar-refractivity contribution in [2.24, 2.45) is 0 Å². The number of carbonyl (C=O) groups excluding carboxylic acids is 1. The van der Waals surface area contributed by atoms with Gasteiger partial charge >= 0.3 is 6.09 Å². The number of nitro benzene ring substituents is 1. The minimum Gasteiger partial charge on any atom is -0.447 e. The van der Waals surface area contributed by atoms with E-state index in [1.807, 2.05) is 12.1 Å². The van der Waals surface area contributed by atoms with E-state index in [1.165, 1.54) is 17.7 Å². The summed E-state index contributed by atoms with van der Waals surface area (Å²) >= 11 is 3.45. The number of anilines is 2. The minimum absolute atomic E-state index is 0.0628. The average Bonchev–Trinajstić information content (AvgIpc) is 3.06. The molecule has 0 saturated carbocycles. The van der Waals surface area contributed by atoms with Crippen LogP contribution in [0.3, 0.4) is 0 Å². The summed E-state index contributed by atoms with van der Waals surface area (Å²) in [6.07, 6.45) is 0.498. The maximum Gasteiger partial charge on any atom is 0.414 e. The van der Waals surface area contributed by atoms with E-state index in [9.17, 15) is 14.9 Å². The van der Waals surface area contributed by atoms with E-state index < -0.39 is 4.92 Å². The molecule has 4 rings (SSSR count). The molecule has 0 atom stereocenters. The van der Waals surface area contributed by atoms with E-state index >= 15 is 0 Å². The number of cyclic esters (lactones) is 1. The number of hydrogen-bond acceptors (Lipinski definition) is 5. The zero-order valence-electron chi connectivity index (χ0n) is 13.9. The van der Waals surface area contributed by atoms with Crippen LogP contribution in [-0.4, -0.2) is 30.7 Å². The monoisotopic (exact) mass is 417 g/mol. The van der Waals surface area contributed by atoms with Crippen LogP contribution in [0.2, 0.25) is 0 Å². The molecule has 2 aromatic rings. The predicted octanol–water partition coefficient (Wildman–Crippen LogP) is 3.88. The Kier molecular flexibility index (Phi) is 4.28. The second-order valence-electron chi connectivity index (χ2n) is 6.25. The van der Waals surface area contributed by atoms with E-state index in [2.05, 4.69) is 26.9 Å². The van der Waals surface area contributed by atoms with E-state index in [1.54, 1.807) is 11.0 Å². The molecule has 0 bridgehead atoms. The van der Waals surface area contributed by atoms with Gasteiger partial charge in [-0.25, -0.2) is 4.79 Å². The summed E-state index contributed by atoms with van der Waals surface area (Å²) in [4.78, 5) is 26.3. The first kappa shape index (κ1) is 16.8. The fourth-order valence-corrected chi connectivity index (χ4v) is 4.14. The number of fused-ring (bicyclic) bond motifs is 1. The van der Waals surface area contributed by atoms with Gasteiger partial charge in [0.2, 0.25) is 0 Å². The molecule has 8 heteroatoms. The number of non-ortho nitro benzene ring substituents is 1. The molecule has 0 aromatic heterocycles. The van der Waals surface area contributed by atoms with Crippen molar-refractivity contribution in [1.29, 1.82) is 0 Å². The lowest BCUT2D eigenvalue weighted by atomic mass is 9.96. The lowest BCUT2D eigenvalue weighted by molar-refractivity contribution is -0.384. The maximum absolute atomic E-state index is 11.9. The molecule has 26 heavy (non-hydrogen) atoms. The Labute approximate surface area is 158 Å². The average molecular weight is 418 g/mol. The second-order valence-corrected chi connectivity index (χ2v) is 7.10. The van der Waals surface area contributed by atoms with Gasteiger partial charge in [-0.1, -0.05) is 12.1 Å². The number of rotatable bonds is 3. The summed E-state index contributed by atoms with van der Waals surface area (Å²) in [6.45, 7) is 2.45. The van der Waals surface area contributed by atoms with Crippen LogP contribution in [-0.2, 0) is 17.7 Å². The molecular formula is C18H16BrN3O4. The molecule has 1 saturated heterocycles. The van der Waals surface area contributed by atoms with E-state index in [-0.39, 0.29) is 11.8 Å². The van der Waals surface area contributed by atoms with Crippen LogP contribution in [0.4, 0.5) is 21.9 Å². The molecule has 0 spiro atoms. The summed E-state index contributed by atoms with van der Waals surface area (Å²) in [6, 6.07) is 10.8. The Morgan fingerprint density at radius 1 is 1.15 bits per heavy atom. The lowest BCUT2D eigenvalue weighted by Gasteiger charge is -2.33. The molecule has 134 valence electrons. The largest absolute Gasteiger partial charge is 0.447 e. The standard InChI is InChI=1S/C18H16BrN3O4/c19-15-10-13(22(24)25)4-5-17(15)20-7-6-14-12(11-20)2-1-3-16(14)21-8-9-26-18(21)23/h1-5,10H,6-9,11H2. The highest BCUT2D eigenvalue weighted by molar-refractivity contribution is 9.10. The van der Waals surface area contributed by atoms with Gasteiger partial charge in [0.1, 0.15) is 6.61 Å². The van der Waals surface area contributed by atoms with Gasteiger partial charge in [-0.2, -0.15) is 0 Å². The van der Waals surface area contributed by atoms with Crippen molar-refractivity contribution in [3.05, 3.63) is 62.1 Å². The molecule has 2 aliphatic heterocycles. The topological polar surface area (TPSA) is 75.9 Å². The molecule has 0 N–H and O–H groups in total. The smallest absolute Gasteiger partial charge is 0.414 e. The van der Waals surface area contributed by atoms with E-state index in [0.717, 1.165) is 29.9 Å². The molecule has 7 nitrogen and oxygen atoms in total. The number of carbonyl (C=O) groups is 1. The van der Waals surface area contributed by atoms with Gasteiger partial charge in [-0.3, -0.25) is 15.0 Å². The van der Waals surface area contributed by atoms with Crippen molar-refractivity contribution < 1.29 is 14.5 Å². The Bertz CT molecular complexity index is 902. The van der Waals surface area contributed by atoms with Gasteiger partial charge in [-0.15, -0.1) is 0 Å². The number of ether oxygens (including phenoxy) is 1. The number of hydrogen-bond donors (Lipinski definition) is 0. The molecule has 0 radical (unpaired) electrons. The molecule has 1 fully saturated rings. The van der Waals surface area contributed by atoms with Crippen molar-refractivity contribution in [2.75, 3.05) is 29.5 Å². The quantitative estimate of drug-likeness (QED) is 0.559. The van der Waals surface area contributed by atoms with Crippen molar-refractivity contribution >= 4 is 39.1 Å². The number of halogens is 1. The van der Waals surface area contributed by atoms with Gasteiger partial charge in [0.25, 0.3) is 5.69 Å². The summed E-state index contributed by atoms with van der Waals surface area (Å²) in [5.41, 5.74) is 4.23. The summed E-state index contributed by atoms with van der Waals surface area (Å²) in [5.74, 6) is 0. The third-order valence-corrected chi connectivity index (χ3v) is 5.41. The highest BCUT2D eigenvalue weighted by Crippen LogP contribution is 2.36. The summed E-state index contributed by atoms with van der Waals surface area (Å²) in [5, 5.41) is 10.9. The summed E-state index contributed by atoms with van der Waals surface area (Å²) < 4.78 is 5.77. The van der Waals surface area contributed by atoms with E-state index in [0.29, 0.717) is 24.2 Å². The van der Waals surface area contributed by atoms with Gasteiger partial charge in [0, 0.05) is 29.7 Å². The van der Waals surface area contributed by atoms with E-state index in [4.69, 9.17) is 4.74 Å². The molecule has 0 aliphatic carbocycles. The number of amides is 1. The van der Waals surface area contributed by atoms with Crippen LogP contribution >= 0.6 is 15.9 Å². The fraction of sp³-hybridized carbons (Fsp3) is 0.278. The van der Waals surface area contributed by atoms with Crippen LogP contribution in [0.1, 0.15) is 11.1 Å². The highest BCUT2D eigenvalue weighted by Gasteiger charge is 2.29. The third-order valence-electron chi connectivity index (χ3n) is 4.78. The predicted molar refractivity (Wildman–Crippen MR) is 101 cm³/mol. The van der Waals surface area contributed by atoms with Gasteiger partial charge in [0.05, 0.1) is 22.8 Å². The molecule has 1 amide bonds. The number of nitrogens with zero attached hydrogens (tertiary/aromatic N) is 3. The Hall–Kier alpha value is -2.61. The van der Waals surface area contributed by atoms with Crippen LogP contribution in [0.25, 0.3) is 0 Å². The Morgan fingerprint density at radius 2 is 2.00 bits per heavy atom. The molecule has 2 heterocycles. The molecule has 2 aromatic carbocycles. The SMILES string of the molecule is O=C1OCCN1c1cccc2c1CCN(c1ccc([N+](=O)[O-])cc1Br)C2. The van der Waals surface area contributed by atoms with Gasteiger partial charge in [0.15, 0.2) is 0 Å². The second kappa shape index (κ2) is 6.60. The first-order valence-corrected chi connectivity index (χ1v) is 9.08. The highest BCUT2D eigenvalue weighted by atomic mass is 79.9. The summed E-state index contributed by atoms with van der Waals surface area (Å²) in [7, 11) is 0. The molecule has 2 aliphatic rings. The van der Waals surface area contributed by atoms with Crippen molar-refractivity contribution in [1.82, 2.24) is 0 Å². The zero-order valence-corrected chi connectivity index (χ0v) is 15.4. The normalized spacial score (nSPS) is 16.4. The van der Waals surface area contributed by atoms with Crippen molar-refractivity contribution in [3.8, 4) is 0 Å². The molecular weight excluding hydrogens is 402 g/mol. The van der Waals surface area contributed by atoms with Crippen LogP contribution < -0.4 is 9.80 Å². The maximum atomic E-state index is 11.9. The minimum atomic E-state index is -0.401. The molecule has 0 unspecified atom stereocenters. The number of nitro groups is 1. The van der Waals surface area contributed by atoms with Crippen LogP contribution in [0.5, 0.6) is 0 Å². The number of benzene rings is 2. The van der Waals surface area contributed by atoms with Crippen LogP contribution in [0.15, 0.2) is 40.9 Å². The third kappa shape index (κ3) is 2.90. The van der Waals surface area contributed by atoms with Crippen molar-refractivity contribution in [2.45, 2.75) is 13.0 Å². The first-order valence-electron chi connectivity index (χ1n) is 8.28. The zero-order chi connectivity index (χ0) is 18.3. The first-order chi connectivity index (χ1) is 12.5. The van der Waals surface area contributed by atoms with Gasteiger partial charge in [-0.05, 0) is 45.6 Å². The Morgan fingerprint density at radius 3 is 2.69 bits per heavy atom. The van der Waals surface area contributed by atoms with Crippen molar-refractivity contribution in [3.63, 3.8) is 0 Å². The Balaban J connectivity index is 1.63. The van der Waals surface area contributed by atoms with Crippen LogP contribution in [0, 0.1) is 10.1 Å². The van der Waals surface area contributed by atoms with Gasteiger partial charge < -0.3 is 9.64 Å².